The van der Waals surface area contributed by atoms with E-state index in [4.69, 9.17) is 4.74 Å². The molecule has 0 atom stereocenters. The second kappa shape index (κ2) is 7.00. The number of amides is 1. The van der Waals surface area contributed by atoms with Gasteiger partial charge in [-0.05, 0) is 25.5 Å². The van der Waals surface area contributed by atoms with Crippen molar-refractivity contribution in [2.75, 3.05) is 32.8 Å². The lowest BCUT2D eigenvalue weighted by Gasteiger charge is -2.33. The summed E-state index contributed by atoms with van der Waals surface area (Å²) in [5.41, 5.74) is 2.37. The molecular weight excluding hydrogens is 308 g/mol. The molecule has 0 spiro atoms. The summed E-state index contributed by atoms with van der Waals surface area (Å²) < 4.78 is 6.59. The Hall–Kier alpha value is -2.41. The van der Waals surface area contributed by atoms with Gasteiger partial charge in [0.05, 0.1) is 12.3 Å². The molecule has 0 bridgehead atoms. The second-order valence-corrected chi connectivity index (χ2v) is 5.98. The summed E-state index contributed by atoms with van der Waals surface area (Å²) in [6, 6.07) is 5.40. The molecule has 128 valence electrons. The fourth-order valence-electron chi connectivity index (χ4n) is 2.87. The molecule has 2 aromatic heterocycles. The lowest BCUT2D eigenvalue weighted by molar-refractivity contribution is 0.0775. The largest absolute Gasteiger partial charge is 0.450 e. The molecule has 3 heterocycles. The van der Waals surface area contributed by atoms with E-state index in [9.17, 15) is 9.59 Å². The average molecular weight is 330 g/mol. The van der Waals surface area contributed by atoms with Gasteiger partial charge >= 0.3 is 6.09 Å². The number of nitrogens with zero attached hydrogens (tertiary/aromatic N) is 4. The van der Waals surface area contributed by atoms with Crippen molar-refractivity contribution in [3.8, 4) is 0 Å². The number of carbonyl (C=O) groups excluding carboxylic acids is 1. The van der Waals surface area contributed by atoms with E-state index in [1.54, 1.807) is 28.5 Å². The van der Waals surface area contributed by atoms with Crippen molar-refractivity contribution < 1.29 is 9.53 Å². The highest BCUT2D eigenvalue weighted by molar-refractivity contribution is 5.67. The zero-order valence-corrected chi connectivity index (χ0v) is 14.1. The van der Waals surface area contributed by atoms with Crippen LogP contribution in [0.25, 0.3) is 5.65 Å². The van der Waals surface area contributed by atoms with E-state index in [-0.39, 0.29) is 11.7 Å². The van der Waals surface area contributed by atoms with Crippen LogP contribution in [0.15, 0.2) is 29.2 Å². The number of carbonyl (C=O) groups is 1. The van der Waals surface area contributed by atoms with Crippen LogP contribution in [-0.4, -0.2) is 58.1 Å². The van der Waals surface area contributed by atoms with Crippen LogP contribution in [0.2, 0.25) is 0 Å². The Morgan fingerprint density at radius 2 is 2.00 bits per heavy atom. The van der Waals surface area contributed by atoms with Gasteiger partial charge in [0, 0.05) is 45.0 Å². The van der Waals surface area contributed by atoms with Gasteiger partial charge in [-0.25, -0.2) is 9.78 Å². The summed E-state index contributed by atoms with van der Waals surface area (Å²) in [6.07, 6.45) is 1.54. The summed E-state index contributed by atoms with van der Waals surface area (Å²) in [4.78, 5) is 32.4. The van der Waals surface area contributed by atoms with Crippen molar-refractivity contribution in [3.63, 3.8) is 0 Å². The molecule has 24 heavy (non-hydrogen) atoms. The third kappa shape index (κ3) is 3.56. The van der Waals surface area contributed by atoms with E-state index in [0.717, 1.165) is 24.3 Å². The minimum atomic E-state index is -0.255. The van der Waals surface area contributed by atoms with Crippen LogP contribution in [0.5, 0.6) is 0 Å². The first-order valence-electron chi connectivity index (χ1n) is 8.20. The molecule has 2 aromatic rings. The molecule has 7 nitrogen and oxygen atoms in total. The van der Waals surface area contributed by atoms with Crippen LogP contribution in [-0.2, 0) is 11.3 Å². The Bertz CT molecular complexity index is 794. The maximum Gasteiger partial charge on any atom is 0.409 e. The van der Waals surface area contributed by atoms with Gasteiger partial charge in [0.25, 0.3) is 5.56 Å². The molecular formula is C17H22N4O3. The zero-order valence-electron chi connectivity index (χ0n) is 14.1. The van der Waals surface area contributed by atoms with E-state index in [0.29, 0.717) is 31.9 Å². The molecule has 1 aliphatic rings. The summed E-state index contributed by atoms with van der Waals surface area (Å²) in [5.74, 6) is 0. The Kier molecular flexibility index (Phi) is 4.80. The Balaban J connectivity index is 1.67. The zero-order chi connectivity index (χ0) is 17.1. The SMILES string of the molecule is CCOC(=O)N1CCN(Cc2cc(=O)n3cc(C)ccc3n2)CC1. The molecule has 1 saturated heterocycles. The molecule has 7 heteroatoms. The highest BCUT2D eigenvalue weighted by Gasteiger charge is 2.22. The second-order valence-electron chi connectivity index (χ2n) is 5.98. The normalized spacial score (nSPS) is 15.7. The average Bonchev–Trinajstić information content (AvgIpc) is 2.56. The first kappa shape index (κ1) is 16.4. The quantitative estimate of drug-likeness (QED) is 0.848. The van der Waals surface area contributed by atoms with Crippen LogP contribution >= 0.6 is 0 Å². The number of piperazine rings is 1. The number of hydrogen-bond acceptors (Lipinski definition) is 5. The maximum absolute atomic E-state index is 12.2. The Morgan fingerprint density at radius 1 is 1.25 bits per heavy atom. The number of pyridine rings is 1. The topological polar surface area (TPSA) is 67.2 Å². The van der Waals surface area contributed by atoms with Crippen LogP contribution in [0, 0.1) is 6.92 Å². The van der Waals surface area contributed by atoms with Crippen LogP contribution in [0.3, 0.4) is 0 Å². The maximum atomic E-state index is 12.2. The molecule has 0 saturated carbocycles. The predicted octanol–water partition coefficient (Wildman–Crippen LogP) is 1.28. The van der Waals surface area contributed by atoms with Gasteiger partial charge in [-0.15, -0.1) is 0 Å². The van der Waals surface area contributed by atoms with E-state index in [1.807, 2.05) is 19.1 Å². The third-order valence-electron chi connectivity index (χ3n) is 4.14. The van der Waals surface area contributed by atoms with Crippen LogP contribution in [0.1, 0.15) is 18.2 Å². The number of aromatic nitrogens is 2. The molecule has 0 unspecified atom stereocenters. The van der Waals surface area contributed by atoms with Crippen molar-refractivity contribution in [1.82, 2.24) is 19.2 Å². The summed E-state index contributed by atoms with van der Waals surface area (Å²) in [6.45, 7) is 7.50. The van der Waals surface area contributed by atoms with Gasteiger partial charge in [-0.1, -0.05) is 6.07 Å². The number of fused-ring (bicyclic) bond motifs is 1. The van der Waals surface area contributed by atoms with Gasteiger partial charge < -0.3 is 9.64 Å². The molecule has 1 amide bonds. The fraction of sp³-hybridized carbons (Fsp3) is 0.471. The van der Waals surface area contributed by atoms with E-state index < -0.39 is 0 Å². The molecule has 1 aliphatic heterocycles. The summed E-state index contributed by atoms with van der Waals surface area (Å²) in [7, 11) is 0. The Morgan fingerprint density at radius 3 is 2.71 bits per heavy atom. The lowest BCUT2D eigenvalue weighted by Crippen LogP contribution is -2.48. The van der Waals surface area contributed by atoms with Gasteiger partial charge in [0.15, 0.2) is 0 Å². The highest BCUT2D eigenvalue weighted by atomic mass is 16.6. The van der Waals surface area contributed by atoms with E-state index >= 15 is 0 Å². The lowest BCUT2D eigenvalue weighted by atomic mass is 10.2. The van der Waals surface area contributed by atoms with Gasteiger partial charge in [0.1, 0.15) is 5.65 Å². The molecule has 0 radical (unpaired) electrons. The number of ether oxygens (including phenoxy) is 1. The minimum absolute atomic E-state index is 0.0659. The van der Waals surface area contributed by atoms with E-state index in [1.165, 1.54) is 0 Å². The van der Waals surface area contributed by atoms with Crippen molar-refractivity contribution in [2.24, 2.45) is 0 Å². The minimum Gasteiger partial charge on any atom is -0.450 e. The van der Waals surface area contributed by atoms with Crippen LogP contribution < -0.4 is 5.56 Å². The van der Waals surface area contributed by atoms with E-state index in [2.05, 4.69) is 9.88 Å². The molecule has 0 aromatic carbocycles. The first-order valence-corrected chi connectivity index (χ1v) is 8.20. The fourth-order valence-corrected chi connectivity index (χ4v) is 2.87. The first-order chi connectivity index (χ1) is 11.6. The summed E-state index contributed by atoms with van der Waals surface area (Å²) in [5, 5.41) is 0. The van der Waals surface area contributed by atoms with Crippen molar-refractivity contribution in [3.05, 3.63) is 46.0 Å². The highest BCUT2D eigenvalue weighted by Crippen LogP contribution is 2.09. The van der Waals surface area contributed by atoms with Crippen molar-refractivity contribution >= 4 is 11.7 Å². The predicted molar refractivity (Wildman–Crippen MR) is 90.1 cm³/mol. The van der Waals surface area contributed by atoms with Gasteiger partial charge in [-0.3, -0.25) is 14.1 Å². The molecule has 0 N–H and O–H groups in total. The number of hydrogen-bond donors (Lipinski definition) is 0. The molecule has 1 fully saturated rings. The van der Waals surface area contributed by atoms with Gasteiger partial charge in [0.2, 0.25) is 0 Å². The van der Waals surface area contributed by atoms with Crippen molar-refractivity contribution in [2.45, 2.75) is 20.4 Å². The standard InChI is InChI=1S/C17H22N4O3/c1-3-24-17(23)20-8-6-19(7-9-20)12-14-10-16(22)21-11-13(2)4-5-15(21)18-14/h4-5,10-11H,3,6-9,12H2,1-2H3. The smallest absolute Gasteiger partial charge is 0.409 e. The molecule has 0 aliphatic carbocycles. The van der Waals surface area contributed by atoms with Gasteiger partial charge in [-0.2, -0.15) is 0 Å². The van der Waals surface area contributed by atoms with Crippen molar-refractivity contribution in [1.29, 1.82) is 0 Å². The number of aryl methyl sites for hydroxylation is 1. The molecule has 3 rings (SSSR count). The number of rotatable bonds is 3. The Labute approximate surface area is 140 Å². The summed E-state index contributed by atoms with van der Waals surface area (Å²) >= 11 is 0. The van der Waals surface area contributed by atoms with Crippen LogP contribution in [0.4, 0.5) is 4.79 Å². The third-order valence-corrected chi connectivity index (χ3v) is 4.14. The monoisotopic (exact) mass is 330 g/mol.